The number of likely N-dealkylation sites (N-methyl/N-ethyl adjacent to an activating group) is 1. The van der Waals surface area contributed by atoms with E-state index in [9.17, 15) is 13.2 Å². The lowest BCUT2D eigenvalue weighted by Gasteiger charge is -2.31. The van der Waals surface area contributed by atoms with Crippen molar-refractivity contribution in [2.24, 2.45) is 0 Å². The molecule has 102 valence electrons. The number of nitrogens with one attached hydrogen (secondary N) is 1. The number of amides is 1. The molecule has 18 heavy (non-hydrogen) atoms. The standard InChI is InChI=1S/C12H20N2O3S/c1-13-11-9-18(16,17)8-7-14(12(11)15)10-5-3-2-4-6-10/h3,5,10-11,13H,2,4,6-9H2,1H3. The van der Waals surface area contributed by atoms with E-state index in [2.05, 4.69) is 11.4 Å². The minimum Gasteiger partial charge on any atom is -0.334 e. The zero-order chi connectivity index (χ0) is 13.2. The van der Waals surface area contributed by atoms with Crippen LogP contribution in [0.15, 0.2) is 12.2 Å². The monoisotopic (exact) mass is 272 g/mol. The van der Waals surface area contributed by atoms with Crippen molar-refractivity contribution in [1.29, 1.82) is 0 Å². The summed E-state index contributed by atoms with van der Waals surface area (Å²) in [5.74, 6) is -0.105. The van der Waals surface area contributed by atoms with Gasteiger partial charge in [0.15, 0.2) is 9.84 Å². The molecule has 2 atom stereocenters. The van der Waals surface area contributed by atoms with E-state index in [0.717, 1.165) is 19.3 Å². The van der Waals surface area contributed by atoms with Crippen molar-refractivity contribution >= 4 is 15.7 Å². The summed E-state index contributed by atoms with van der Waals surface area (Å²) in [7, 11) is -1.50. The quantitative estimate of drug-likeness (QED) is 0.715. The molecule has 0 aromatic carbocycles. The number of hydrogen-bond acceptors (Lipinski definition) is 4. The number of nitrogens with zero attached hydrogens (tertiary/aromatic N) is 1. The lowest BCUT2D eigenvalue weighted by Crippen LogP contribution is -2.49. The third-order valence-corrected chi connectivity index (χ3v) is 5.27. The Morgan fingerprint density at radius 2 is 2.22 bits per heavy atom. The van der Waals surface area contributed by atoms with Crippen LogP contribution in [0.5, 0.6) is 0 Å². The number of allylic oxidation sites excluding steroid dienone is 1. The predicted molar refractivity (Wildman–Crippen MR) is 70.0 cm³/mol. The molecule has 1 N–H and O–H groups in total. The highest BCUT2D eigenvalue weighted by Gasteiger charge is 2.35. The summed E-state index contributed by atoms with van der Waals surface area (Å²) in [6, 6.07) is -0.539. The minimum absolute atomic E-state index is 0.0652. The van der Waals surface area contributed by atoms with Crippen molar-refractivity contribution < 1.29 is 13.2 Å². The van der Waals surface area contributed by atoms with Gasteiger partial charge in [0.2, 0.25) is 5.91 Å². The second-order valence-electron chi connectivity index (χ2n) is 4.91. The van der Waals surface area contributed by atoms with E-state index < -0.39 is 15.9 Å². The zero-order valence-electron chi connectivity index (χ0n) is 10.6. The second kappa shape index (κ2) is 5.40. The SMILES string of the molecule is CNC1CS(=O)(=O)CCN(C2C=CCCC2)C1=O. The molecule has 6 heteroatoms. The predicted octanol–water partition coefficient (Wildman–Crippen LogP) is -0.0599. The second-order valence-corrected chi connectivity index (χ2v) is 7.14. The van der Waals surface area contributed by atoms with Gasteiger partial charge < -0.3 is 10.2 Å². The largest absolute Gasteiger partial charge is 0.334 e. The molecule has 2 aliphatic rings. The van der Waals surface area contributed by atoms with Gasteiger partial charge in [-0.1, -0.05) is 12.2 Å². The summed E-state index contributed by atoms with van der Waals surface area (Å²) in [6.07, 6.45) is 7.15. The van der Waals surface area contributed by atoms with Crippen molar-refractivity contribution in [3.63, 3.8) is 0 Å². The fourth-order valence-corrected chi connectivity index (χ4v) is 4.01. The number of rotatable bonds is 2. The van der Waals surface area contributed by atoms with Crippen LogP contribution in [-0.2, 0) is 14.6 Å². The molecular formula is C12H20N2O3S. The number of carbonyl (C=O) groups is 1. The first-order chi connectivity index (χ1) is 8.53. The molecule has 2 unspecified atom stereocenters. The summed E-state index contributed by atoms with van der Waals surface area (Å²) in [4.78, 5) is 14.1. The molecule has 1 aliphatic carbocycles. The van der Waals surface area contributed by atoms with Gasteiger partial charge in [0.25, 0.3) is 0 Å². The summed E-state index contributed by atoms with van der Waals surface area (Å²) in [5, 5.41) is 2.82. The van der Waals surface area contributed by atoms with Crippen LogP contribution in [0.1, 0.15) is 19.3 Å². The van der Waals surface area contributed by atoms with Crippen LogP contribution in [-0.4, -0.2) is 56.4 Å². The molecule has 1 amide bonds. The minimum atomic E-state index is -3.13. The normalized spacial score (nSPS) is 32.3. The number of hydrogen-bond donors (Lipinski definition) is 1. The molecule has 0 saturated carbocycles. The average Bonchev–Trinajstić information content (AvgIpc) is 2.47. The van der Waals surface area contributed by atoms with Crippen molar-refractivity contribution in [1.82, 2.24) is 10.2 Å². The Kier molecular flexibility index (Phi) is 4.07. The van der Waals surface area contributed by atoms with E-state index in [1.807, 2.05) is 6.08 Å². The smallest absolute Gasteiger partial charge is 0.241 e. The molecule has 1 fully saturated rings. The van der Waals surface area contributed by atoms with E-state index in [1.165, 1.54) is 0 Å². The Bertz CT molecular complexity index is 444. The maximum atomic E-state index is 12.3. The Labute approximate surface area is 108 Å². The first-order valence-electron chi connectivity index (χ1n) is 6.38. The van der Waals surface area contributed by atoms with Gasteiger partial charge >= 0.3 is 0 Å². The van der Waals surface area contributed by atoms with Gasteiger partial charge in [-0.25, -0.2) is 8.42 Å². The van der Waals surface area contributed by atoms with Crippen molar-refractivity contribution in [3.05, 3.63) is 12.2 Å². The van der Waals surface area contributed by atoms with Crippen LogP contribution in [0.2, 0.25) is 0 Å². The molecular weight excluding hydrogens is 252 g/mol. The lowest BCUT2D eigenvalue weighted by atomic mass is 10.0. The third kappa shape index (κ3) is 2.92. The Hall–Kier alpha value is -0.880. The lowest BCUT2D eigenvalue weighted by molar-refractivity contribution is -0.133. The van der Waals surface area contributed by atoms with Gasteiger partial charge in [-0.3, -0.25) is 4.79 Å². The maximum absolute atomic E-state index is 12.3. The van der Waals surface area contributed by atoms with E-state index in [-0.39, 0.29) is 23.5 Å². The van der Waals surface area contributed by atoms with Crippen LogP contribution < -0.4 is 5.32 Å². The highest BCUT2D eigenvalue weighted by molar-refractivity contribution is 7.91. The Balaban J connectivity index is 2.21. The fraction of sp³-hybridized carbons (Fsp3) is 0.750. The van der Waals surface area contributed by atoms with E-state index in [4.69, 9.17) is 0 Å². The highest BCUT2D eigenvalue weighted by atomic mass is 32.2. The topological polar surface area (TPSA) is 66.5 Å². The van der Waals surface area contributed by atoms with Crippen molar-refractivity contribution in [2.45, 2.75) is 31.3 Å². The van der Waals surface area contributed by atoms with Crippen LogP contribution >= 0.6 is 0 Å². The summed E-state index contributed by atoms with van der Waals surface area (Å²) in [6.45, 7) is 0.314. The average molecular weight is 272 g/mol. The molecule has 1 aliphatic heterocycles. The van der Waals surface area contributed by atoms with Gasteiger partial charge in [-0.05, 0) is 26.3 Å². The summed E-state index contributed by atoms with van der Waals surface area (Å²) < 4.78 is 23.6. The van der Waals surface area contributed by atoms with Crippen LogP contribution in [0.4, 0.5) is 0 Å². The maximum Gasteiger partial charge on any atom is 0.241 e. The number of sulfone groups is 1. The van der Waals surface area contributed by atoms with Gasteiger partial charge in [-0.2, -0.15) is 0 Å². The van der Waals surface area contributed by atoms with Crippen molar-refractivity contribution in [2.75, 3.05) is 25.1 Å². The molecule has 2 rings (SSSR count). The molecule has 1 saturated heterocycles. The van der Waals surface area contributed by atoms with Gasteiger partial charge in [0.1, 0.15) is 6.04 Å². The van der Waals surface area contributed by atoms with Crippen LogP contribution in [0, 0.1) is 0 Å². The van der Waals surface area contributed by atoms with E-state index in [0.29, 0.717) is 6.54 Å². The number of carbonyl (C=O) groups excluding carboxylic acids is 1. The molecule has 0 radical (unpaired) electrons. The van der Waals surface area contributed by atoms with E-state index >= 15 is 0 Å². The summed E-state index contributed by atoms with van der Waals surface area (Å²) >= 11 is 0. The van der Waals surface area contributed by atoms with E-state index in [1.54, 1.807) is 11.9 Å². The van der Waals surface area contributed by atoms with Crippen LogP contribution in [0.25, 0.3) is 0 Å². The third-order valence-electron chi connectivity index (χ3n) is 3.62. The first-order valence-corrected chi connectivity index (χ1v) is 8.20. The highest BCUT2D eigenvalue weighted by Crippen LogP contribution is 2.19. The first kappa shape index (κ1) is 13.5. The van der Waals surface area contributed by atoms with Gasteiger partial charge in [0.05, 0.1) is 17.5 Å². The fourth-order valence-electron chi connectivity index (χ4n) is 2.55. The molecule has 0 spiro atoms. The Morgan fingerprint density at radius 3 is 2.83 bits per heavy atom. The zero-order valence-corrected chi connectivity index (χ0v) is 11.4. The molecule has 0 bridgehead atoms. The van der Waals surface area contributed by atoms with Gasteiger partial charge in [-0.15, -0.1) is 0 Å². The molecule has 1 heterocycles. The van der Waals surface area contributed by atoms with Crippen molar-refractivity contribution in [3.8, 4) is 0 Å². The van der Waals surface area contributed by atoms with Gasteiger partial charge in [0, 0.05) is 6.54 Å². The van der Waals surface area contributed by atoms with Crippen LogP contribution in [0.3, 0.4) is 0 Å². The molecule has 0 aromatic heterocycles. The molecule has 5 nitrogen and oxygen atoms in total. The Morgan fingerprint density at radius 1 is 1.44 bits per heavy atom. The molecule has 0 aromatic rings. The summed E-state index contributed by atoms with van der Waals surface area (Å²) in [5.41, 5.74) is 0.